The van der Waals surface area contributed by atoms with Gasteiger partial charge in [-0.05, 0) is 6.92 Å². The van der Waals surface area contributed by atoms with Gasteiger partial charge in [-0.15, -0.1) is 11.3 Å². The molecule has 0 aromatic carbocycles. The molecule has 0 spiro atoms. The summed E-state index contributed by atoms with van der Waals surface area (Å²) in [5.41, 5.74) is 1.03. The third kappa shape index (κ3) is 1.73. The highest BCUT2D eigenvalue weighted by Crippen LogP contribution is 2.24. The van der Waals surface area contributed by atoms with Crippen molar-refractivity contribution in [2.45, 2.75) is 13.5 Å². The van der Waals surface area contributed by atoms with Gasteiger partial charge in [0.25, 0.3) is 0 Å². The van der Waals surface area contributed by atoms with Gasteiger partial charge >= 0.3 is 0 Å². The van der Waals surface area contributed by atoms with Gasteiger partial charge in [0, 0.05) is 23.7 Å². The smallest absolute Gasteiger partial charge is 0.140 e. The first-order valence-corrected chi connectivity index (χ1v) is 5.19. The average Bonchev–Trinajstić information content (AvgIpc) is 2.71. The Balaban J connectivity index is 2.35. The van der Waals surface area contributed by atoms with Crippen molar-refractivity contribution in [2.24, 2.45) is 0 Å². The Morgan fingerprint density at radius 1 is 1.62 bits per heavy atom. The fourth-order valence-corrected chi connectivity index (χ4v) is 1.96. The van der Waals surface area contributed by atoms with Crippen molar-refractivity contribution in [2.75, 3.05) is 0 Å². The first-order valence-electron chi connectivity index (χ1n) is 3.93. The van der Waals surface area contributed by atoms with Crippen molar-refractivity contribution in [3.63, 3.8) is 0 Å². The molecule has 2 heterocycles. The number of aromatic nitrogens is 3. The zero-order valence-electron chi connectivity index (χ0n) is 7.07. The van der Waals surface area contributed by atoms with E-state index in [2.05, 4.69) is 10.1 Å². The highest BCUT2D eigenvalue weighted by Gasteiger charge is 2.04. The molecule has 0 unspecified atom stereocenters. The van der Waals surface area contributed by atoms with Gasteiger partial charge in [-0.2, -0.15) is 5.10 Å². The molecule has 0 aliphatic heterocycles. The summed E-state index contributed by atoms with van der Waals surface area (Å²) in [5.74, 6) is 0. The molecule has 0 amide bonds. The topological polar surface area (TPSA) is 30.7 Å². The molecule has 2 aromatic rings. The molecule has 68 valence electrons. The maximum atomic E-state index is 5.72. The fraction of sp³-hybridized carbons (Fsp3) is 0.250. The monoisotopic (exact) mass is 213 g/mol. The quantitative estimate of drug-likeness (QED) is 0.768. The van der Waals surface area contributed by atoms with Crippen LogP contribution in [0.2, 0.25) is 5.15 Å². The van der Waals surface area contributed by atoms with Crippen LogP contribution in [-0.2, 0) is 6.54 Å². The first-order chi connectivity index (χ1) is 6.29. The molecule has 0 N–H and O–H groups in total. The highest BCUT2D eigenvalue weighted by molar-refractivity contribution is 7.13. The molecule has 5 heteroatoms. The summed E-state index contributed by atoms with van der Waals surface area (Å²) in [4.78, 5) is 4.16. The molecule has 0 bridgehead atoms. The Hall–Kier alpha value is -0.870. The minimum atomic E-state index is 0.546. The van der Waals surface area contributed by atoms with E-state index in [0.29, 0.717) is 5.15 Å². The second-order valence-electron chi connectivity index (χ2n) is 2.56. The molecule has 0 fully saturated rings. The van der Waals surface area contributed by atoms with E-state index in [-0.39, 0.29) is 0 Å². The van der Waals surface area contributed by atoms with Gasteiger partial charge in [0.2, 0.25) is 0 Å². The van der Waals surface area contributed by atoms with Crippen LogP contribution in [-0.4, -0.2) is 14.8 Å². The molecule has 2 rings (SSSR count). The SMILES string of the molecule is CCn1cc(-c2nc(Cl)cs2)cn1. The molecule has 3 nitrogen and oxygen atoms in total. The Kier molecular flexibility index (Phi) is 2.33. The summed E-state index contributed by atoms with van der Waals surface area (Å²) in [6, 6.07) is 0. The van der Waals surface area contributed by atoms with Crippen molar-refractivity contribution in [3.8, 4) is 10.6 Å². The van der Waals surface area contributed by atoms with Crippen LogP contribution in [0.3, 0.4) is 0 Å². The summed E-state index contributed by atoms with van der Waals surface area (Å²) in [7, 11) is 0. The van der Waals surface area contributed by atoms with Gasteiger partial charge in [0.05, 0.1) is 6.20 Å². The summed E-state index contributed by atoms with van der Waals surface area (Å²) in [5, 5.41) is 7.45. The second kappa shape index (κ2) is 3.47. The van der Waals surface area contributed by atoms with Crippen molar-refractivity contribution < 1.29 is 0 Å². The third-order valence-corrected chi connectivity index (χ3v) is 2.89. The molecule has 2 aromatic heterocycles. The first kappa shape index (κ1) is 8.72. The van der Waals surface area contributed by atoms with E-state index in [9.17, 15) is 0 Å². The van der Waals surface area contributed by atoms with E-state index in [1.54, 1.807) is 6.20 Å². The number of nitrogens with zero attached hydrogens (tertiary/aromatic N) is 3. The Morgan fingerprint density at radius 2 is 2.46 bits per heavy atom. The zero-order chi connectivity index (χ0) is 9.26. The van der Waals surface area contributed by atoms with E-state index in [1.807, 2.05) is 23.2 Å². The number of hydrogen-bond donors (Lipinski definition) is 0. The number of rotatable bonds is 2. The lowest BCUT2D eigenvalue weighted by atomic mass is 10.4. The Bertz CT molecular complexity index is 407. The van der Waals surface area contributed by atoms with Crippen LogP contribution >= 0.6 is 22.9 Å². The third-order valence-electron chi connectivity index (χ3n) is 1.68. The maximum Gasteiger partial charge on any atom is 0.140 e. The number of halogens is 1. The van der Waals surface area contributed by atoms with Gasteiger partial charge in [0.15, 0.2) is 0 Å². The zero-order valence-corrected chi connectivity index (χ0v) is 8.64. The van der Waals surface area contributed by atoms with Crippen molar-refractivity contribution in [1.29, 1.82) is 0 Å². The molecular formula is C8H8ClN3S. The number of hydrogen-bond acceptors (Lipinski definition) is 3. The van der Waals surface area contributed by atoms with Crippen LogP contribution in [0.1, 0.15) is 6.92 Å². The van der Waals surface area contributed by atoms with Crippen LogP contribution in [0.25, 0.3) is 10.6 Å². The maximum absolute atomic E-state index is 5.72. The number of aryl methyl sites for hydroxylation is 1. The molecular weight excluding hydrogens is 206 g/mol. The fourth-order valence-electron chi connectivity index (χ4n) is 1.03. The molecule has 0 atom stereocenters. The van der Waals surface area contributed by atoms with E-state index in [1.165, 1.54) is 11.3 Å². The molecule has 0 aliphatic carbocycles. The molecule has 0 aliphatic rings. The lowest BCUT2D eigenvalue weighted by Gasteiger charge is -1.90. The van der Waals surface area contributed by atoms with Gasteiger partial charge < -0.3 is 0 Å². The van der Waals surface area contributed by atoms with Crippen LogP contribution in [0, 0.1) is 0 Å². The van der Waals surface area contributed by atoms with Crippen LogP contribution < -0.4 is 0 Å². The van der Waals surface area contributed by atoms with Crippen molar-refractivity contribution in [3.05, 3.63) is 22.9 Å². The molecule has 0 saturated heterocycles. The lowest BCUT2D eigenvalue weighted by molar-refractivity contribution is 0.660. The average molecular weight is 214 g/mol. The molecule has 0 radical (unpaired) electrons. The minimum absolute atomic E-state index is 0.546. The summed E-state index contributed by atoms with van der Waals surface area (Å²) in [6.07, 6.45) is 3.77. The lowest BCUT2D eigenvalue weighted by Crippen LogP contribution is -1.91. The number of thiazole rings is 1. The Morgan fingerprint density at radius 3 is 3.00 bits per heavy atom. The summed E-state index contributed by atoms with van der Waals surface area (Å²) < 4.78 is 1.87. The normalized spacial score (nSPS) is 10.6. The predicted molar refractivity (Wildman–Crippen MR) is 54.0 cm³/mol. The summed E-state index contributed by atoms with van der Waals surface area (Å²) >= 11 is 7.25. The van der Waals surface area contributed by atoms with Crippen LogP contribution in [0.4, 0.5) is 0 Å². The van der Waals surface area contributed by atoms with Gasteiger partial charge in [-0.1, -0.05) is 11.6 Å². The summed E-state index contributed by atoms with van der Waals surface area (Å²) in [6.45, 7) is 2.92. The van der Waals surface area contributed by atoms with Crippen LogP contribution in [0.5, 0.6) is 0 Å². The van der Waals surface area contributed by atoms with E-state index in [4.69, 9.17) is 11.6 Å². The van der Waals surface area contributed by atoms with Crippen LogP contribution in [0.15, 0.2) is 17.8 Å². The Labute approximate surface area is 85.0 Å². The highest BCUT2D eigenvalue weighted by atomic mass is 35.5. The van der Waals surface area contributed by atoms with Gasteiger partial charge in [-0.3, -0.25) is 4.68 Å². The second-order valence-corrected chi connectivity index (χ2v) is 3.81. The van der Waals surface area contributed by atoms with E-state index in [0.717, 1.165) is 17.1 Å². The molecule has 13 heavy (non-hydrogen) atoms. The largest absolute Gasteiger partial charge is 0.272 e. The molecule has 0 saturated carbocycles. The van der Waals surface area contributed by atoms with Gasteiger partial charge in [0.1, 0.15) is 10.2 Å². The van der Waals surface area contributed by atoms with Gasteiger partial charge in [-0.25, -0.2) is 4.98 Å². The standard InChI is InChI=1S/C8H8ClN3S/c1-2-12-4-6(3-10-12)8-11-7(9)5-13-8/h3-5H,2H2,1H3. The predicted octanol–water partition coefficient (Wildman–Crippen LogP) is 2.68. The van der Waals surface area contributed by atoms with Crippen molar-refractivity contribution >= 4 is 22.9 Å². The van der Waals surface area contributed by atoms with Crippen molar-refractivity contribution in [1.82, 2.24) is 14.8 Å². The van der Waals surface area contributed by atoms with E-state index >= 15 is 0 Å². The van der Waals surface area contributed by atoms with E-state index < -0.39 is 0 Å². The minimum Gasteiger partial charge on any atom is -0.272 e.